The van der Waals surface area contributed by atoms with Gasteiger partial charge in [-0.25, -0.2) is 0 Å². The normalized spacial score (nSPS) is 9.40. The molecule has 0 fully saturated rings. The zero-order valence-electron chi connectivity index (χ0n) is 8.28. The summed E-state index contributed by atoms with van der Waals surface area (Å²) in [5.41, 5.74) is 0.327. The monoisotopic (exact) mass is 208 g/mol. The molecule has 0 heterocycles. The number of amides is 2. The van der Waals surface area contributed by atoms with Crippen LogP contribution in [0, 0.1) is 0 Å². The lowest BCUT2D eigenvalue weighted by atomic mass is 10.3. The summed E-state index contributed by atoms with van der Waals surface area (Å²) in [6.45, 7) is 1.22. The van der Waals surface area contributed by atoms with Crippen molar-refractivity contribution >= 4 is 17.5 Å². The molecule has 5 nitrogen and oxygen atoms in total. The Morgan fingerprint density at radius 3 is 2.60 bits per heavy atom. The van der Waals surface area contributed by atoms with Crippen LogP contribution in [0.3, 0.4) is 0 Å². The average Bonchev–Trinajstić information content (AvgIpc) is 2.18. The van der Waals surface area contributed by atoms with Crippen LogP contribution in [0.25, 0.3) is 0 Å². The second kappa shape index (κ2) is 4.99. The number of phenols is 1. The van der Waals surface area contributed by atoms with Crippen LogP contribution in [0.15, 0.2) is 24.3 Å². The molecule has 0 aromatic heterocycles. The van der Waals surface area contributed by atoms with Crippen LogP contribution in [0.1, 0.15) is 6.92 Å². The van der Waals surface area contributed by atoms with Gasteiger partial charge < -0.3 is 15.7 Å². The number of aromatic hydroxyl groups is 1. The van der Waals surface area contributed by atoms with Crippen molar-refractivity contribution in [2.75, 3.05) is 11.9 Å². The topological polar surface area (TPSA) is 78.4 Å². The van der Waals surface area contributed by atoms with E-state index in [0.717, 1.165) is 0 Å². The summed E-state index contributed by atoms with van der Waals surface area (Å²) in [4.78, 5) is 21.8. The van der Waals surface area contributed by atoms with Crippen molar-refractivity contribution in [2.24, 2.45) is 0 Å². The van der Waals surface area contributed by atoms with Gasteiger partial charge in [-0.1, -0.05) is 12.1 Å². The number of nitrogens with one attached hydrogen (secondary N) is 2. The summed E-state index contributed by atoms with van der Waals surface area (Å²) in [5.74, 6) is -0.664. The lowest BCUT2D eigenvalue weighted by Crippen LogP contribution is -2.31. The third kappa shape index (κ3) is 3.68. The lowest BCUT2D eigenvalue weighted by molar-refractivity contribution is -0.122. The van der Waals surface area contributed by atoms with Crippen LogP contribution >= 0.6 is 0 Å². The molecule has 0 aliphatic heterocycles. The highest BCUT2D eigenvalue weighted by Crippen LogP contribution is 2.20. The molecule has 1 aromatic rings. The Hall–Kier alpha value is -2.04. The Labute approximate surface area is 87.1 Å². The van der Waals surface area contributed by atoms with Crippen LogP contribution in [0.4, 0.5) is 5.69 Å². The van der Waals surface area contributed by atoms with Crippen molar-refractivity contribution in [3.05, 3.63) is 24.3 Å². The van der Waals surface area contributed by atoms with Crippen molar-refractivity contribution in [3.63, 3.8) is 0 Å². The second-order valence-electron chi connectivity index (χ2n) is 2.98. The Balaban J connectivity index is 2.52. The van der Waals surface area contributed by atoms with Crippen LogP contribution in [-0.4, -0.2) is 23.5 Å². The SMILES string of the molecule is CC(=O)NCC(=O)Nc1ccccc1O. The first-order valence-corrected chi connectivity index (χ1v) is 4.42. The number of phenolic OH excluding ortho intramolecular Hbond substituents is 1. The fourth-order valence-electron chi connectivity index (χ4n) is 0.978. The van der Waals surface area contributed by atoms with Crippen LogP contribution in [0.5, 0.6) is 5.75 Å². The Morgan fingerprint density at radius 2 is 2.00 bits per heavy atom. The first-order chi connectivity index (χ1) is 7.09. The van der Waals surface area contributed by atoms with E-state index in [-0.39, 0.29) is 24.1 Å². The molecule has 0 unspecified atom stereocenters. The number of anilines is 1. The highest BCUT2D eigenvalue weighted by atomic mass is 16.3. The van der Waals surface area contributed by atoms with Crippen molar-refractivity contribution in [3.8, 4) is 5.75 Å². The number of benzene rings is 1. The number of carbonyl (C=O) groups excluding carboxylic acids is 2. The van der Waals surface area contributed by atoms with Crippen LogP contribution in [-0.2, 0) is 9.59 Å². The summed E-state index contributed by atoms with van der Waals surface area (Å²) in [7, 11) is 0. The molecular formula is C10H12N2O3. The zero-order chi connectivity index (χ0) is 11.3. The average molecular weight is 208 g/mol. The van der Waals surface area contributed by atoms with Gasteiger partial charge in [0.15, 0.2) is 0 Å². The fourth-order valence-corrected chi connectivity index (χ4v) is 0.978. The minimum Gasteiger partial charge on any atom is -0.506 e. The highest BCUT2D eigenvalue weighted by molar-refractivity contribution is 5.95. The molecule has 0 spiro atoms. The number of rotatable bonds is 3. The van der Waals surface area contributed by atoms with Crippen molar-refractivity contribution in [1.82, 2.24) is 5.32 Å². The van der Waals surface area contributed by atoms with E-state index in [9.17, 15) is 14.7 Å². The summed E-state index contributed by atoms with van der Waals surface area (Å²) < 4.78 is 0. The van der Waals surface area contributed by atoms with Gasteiger partial charge in [-0.15, -0.1) is 0 Å². The van der Waals surface area contributed by atoms with Crippen molar-refractivity contribution in [1.29, 1.82) is 0 Å². The van der Waals surface area contributed by atoms with E-state index in [0.29, 0.717) is 5.69 Å². The Bertz CT molecular complexity index is 377. The van der Waals surface area contributed by atoms with Gasteiger partial charge in [0.1, 0.15) is 5.75 Å². The quantitative estimate of drug-likeness (QED) is 0.632. The fraction of sp³-hybridized carbons (Fsp3) is 0.200. The molecule has 15 heavy (non-hydrogen) atoms. The van der Waals surface area contributed by atoms with Crippen molar-refractivity contribution in [2.45, 2.75) is 6.92 Å². The summed E-state index contributed by atoms with van der Waals surface area (Å²) >= 11 is 0. The molecule has 0 aliphatic rings. The molecule has 0 aliphatic carbocycles. The molecule has 0 radical (unpaired) electrons. The second-order valence-corrected chi connectivity index (χ2v) is 2.98. The number of hydrogen-bond acceptors (Lipinski definition) is 3. The van der Waals surface area contributed by atoms with Gasteiger partial charge in [0.05, 0.1) is 12.2 Å². The van der Waals surface area contributed by atoms with Gasteiger partial charge in [0, 0.05) is 6.92 Å². The smallest absolute Gasteiger partial charge is 0.243 e. The predicted octanol–water partition coefficient (Wildman–Crippen LogP) is 0.467. The maximum Gasteiger partial charge on any atom is 0.243 e. The molecule has 0 bridgehead atoms. The number of carbonyl (C=O) groups is 2. The number of para-hydroxylation sites is 2. The lowest BCUT2D eigenvalue weighted by Gasteiger charge is -2.06. The van der Waals surface area contributed by atoms with E-state index in [1.807, 2.05) is 0 Å². The van der Waals surface area contributed by atoms with Gasteiger partial charge >= 0.3 is 0 Å². The third-order valence-electron chi connectivity index (χ3n) is 1.68. The Kier molecular flexibility index (Phi) is 3.68. The third-order valence-corrected chi connectivity index (χ3v) is 1.68. The standard InChI is InChI=1S/C10H12N2O3/c1-7(13)11-6-10(15)12-8-4-2-3-5-9(8)14/h2-5,14H,6H2,1H3,(H,11,13)(H,12,15). The summed E-state index contributed by atoms with van der Waals surface area (Å²) in [6, 6.07) is 6.38. The largest absolute Gasteiger partial charge is 0.506 e. The maximum atomic E-state index is 11.2. The molecule has 1 rings (SSSR count). The molecule has 5 heteroatoms. The highest BCUT2D eigenvalue weighted by Gasteiger charge is 2.05. The van der Waals surface area contributed by atoms with E-state index in [1.165, 1.54) is 13.0 Å². The van der Waals surface area contributed by atoms with Gasteiger partial charge in [0.25, 0.3) is 0 Å². The molecule has 0 atom stereocenters. The molecule has 0 saturated heterocycles. The predicted molar refractivity (Wildman–Crippen MR) is 55.4 cm³/mol. The first kappa shape index (κ1) is 11.0. The van der Waals surface area contributed by atoms with Crippen LogP contribution < -0.4 is 10.6 Å². The first-order valence-electron chi connectivity index (χ1n) is 4.42. The zero-order valence-corrected chi connectivity index (χ0v) is 8.28. The number of hydrogen-bond donors (Lipinski definition) is 3. The minimum absolute atomic E-state index is 0.00586. The maximum absolute atomic E-state index is 11.2. The minimum atomic E-state index is -0.383. The molecule has 80 valence electrons. The van der Waals surface area contributed by atoms with E-state index >= 15 is 0 Å². The van der Waals surface area contributed by atoms with Gasteiger partial charge in [0.2, 0.25) is 11.8 Å². The van der Waals surface area contributed by atoms with Crippen molar-refractivity contribution < 1.29 is 14.7 Å². The summed E-state index contributed by atoms with van der Waals surface area (Å²) in [5, 5.41) is 14.1. The van der Waals surface area contributed by atoms with E-state index in [4.69, 9.17) is 0 Å². The van der Waals surface area contributed by atoms with E-state index < -0.39 is 0 Å². The van der Waals surface area contributed by atoms with Gasteiger partial charge in [-0.3, -0.25) is 9.59 Å². The Morgan fingerprint density at radius 1 is 1.33 bits per heavy atom. The molecule has 0 saturated carbocycles. The van der Waals surface area contributed by atoms with Crippen LogP contribution in [0.2, 0.25) is 0 Å². The van der Waals surface area contributed by atoms with E-state index in [1.54, 1.807) is 18.2 Å². The molecule has 1 aromatic carbocycles. The summed E-state index contributed by atoms with van der Waals surface area (Å²) in [6.07, 6.45) is 0. The van der Waals surface area contributed by atoms with Gasteiger partial charge in [-0.05, 0) is 12.1 Å². The van der Waals surface area contributed by atoms with Gasteiger partial charge in [-0.2, -0.15) is 0 Å². The molecule has 3 N–H and O–H groups in total. The van der Waals surface area contributed by atoms with E-state index in [2.05, 4.69) is 10.6 Å². The molecular weight excluding hydrogens is 196 g/mol. The molecule has 2 amide bonds.